The van der Waals surface area contributed by atoms with Gasteiger partial charge in [-0.05, 0) is 29.7 Å². The quantitative estimate of drug-likeness (QED) is 0.720. The number of rotatable bonds is 2. The molecule has 0 aliphatic carbocycles. The molecule has 0 saturated carbocycles. The van der Waals surface area contributed by atoms with Crippen LogP contribution in [0.1, 0.15) is 22.5 Å². The van der Waals surface area contributed by atoms with Crippen molar-refractivity contribution in [1.82, 2.24) is 24.5 Å². The van der Waals surface area contributed by atoms with Gasteiger partial charge in [-0.3, -0.25) is 9.78 Å². The Balaban J connectivity index is 1.59. The fourth-order valence-electron chi connectivity index (χ4n) is 2.81. The van der Waals surface area contributed by atoms with Crippen LogP contribution in [0.3, 0.4) is 0 Å². The summed E-state index contributed by atoms with van der Waals surface area (Å²) in [5.41, 5.74) is 3.19. The molecular formula is C17H14ClN5O. The average Bonchev–Trinajstić information content (AvgIpc) is 3.05. The molecule has 0 aromatic carbocycles. The van der Waals surface area contributed by atoms with Crippen LogP contribution in [-0.4, -0.2) is 43.5 Å². The van der Waals surface area contributed by atoms with Crippen molar-refractivity contribution in [2.45, 2.75) is 6.42 Å². The van der Waals surface area contributed by atoms with Crippen LogP contribution in [0.15, 0.2) is 49.1 Å². The summed E-state index contributed by atoms with van der Waals surface area (Å²) in [4.78, 5) is 22.8. The molecule has 0 unspecified atom stereocenters. The Labute approximate surface area is 143 Å². The maximum absolute atomic E-state index is 12.8. The van der Waals surface area contributed by atoms with Crippen molar-refractivity contribution in [2.24, 2.45) is 0 Å². The van der Waals surface area contributed by atoms with E-state index < -0.39 is 0 Å². The predicted octanol–water partition coefficient (Wildman–Crippen LogP) is 2.71. The number of halogens is 1. The van der Waals surface area contributed by atoms with E-state index in [4.69, 9.17) is 11.6 Å². The minimum absolute atomic E-state index is 0.101. The fourth-order valence-corrected chi connectivity index (χ4v) is 2.95. The third kappa shape index (κ3) is 2.76. The minimum Gasteiger partial charge on any atom is -0.333 e. The van der Waals surface area contributed by atoms with Crippen LogP contribution in [0.4, 0.5) is 0 Å². The Morgan fingerprint density at radius 1 is 1.25 bits per heavy atom. The summed E-state index contributed by atoms with van der Waals surface area (Å²) in [5.74, 6) is -0.101. The van der Waals surface area contributed by atoms with Gasteiger partial charge in [0.05, 0.1) is 11.2 Å². The van der Waals surface area contributed by atoms with Crippen LogP contribution in [0, 0.1) is 0 Å². The highest BCUT2D eigenvalue weighted by atomic mass is 35.5. The van der Waals surface area contributed by atoms with Gasteiger partial charge in [-0.15, -0.1) is 0 Å². The molecule has 4 rings (SSSR count). The number of amides is 1. The van der Waals surface area contributed by atoms with E-state index in [-0.39, 0.29) is 5.91 Å². The van der Waals surface area contributed by atoms with Crippen LogP contribution in [-0.2, 0) is 0 Å². The van der Waals surface area contributed by atoms with Gasteiger partial charge in [-0.1, -0.05) is 17.7 Å². The third-order valence-corrected chi connectivity index (χ3v) is 4.19. The number of hydrogen-bond donors (Lipinski definition) is 0. The molecule has 1 amide bonds. The van der Waals surface area contributed by atoms with Gasteiger partial charge in [0.2, 0.25) is 0 Å². The van der Waals surface area contributed by atoms with Crippen molar-refractivity contribution in [3.63, 3.8) is 0 Å². The van der Waals surface area contributed by atoms with Gasteiger partial charge in [0.1, 0.15) is 0 Å². The third-order valence-electron chi connectivity index (χ3n) is 3.99. The van der Waals surface area contributed by atoms with E-state index in [1.807, 2.05) is 12.1 Å². The highest BCUT2D eigenvalue weighted by Gasteiger charge is 2.22. The van der Waals surface area contributed by atoms with Crippen LogP contribution >= 0.6 is 11.6 Å². The monoisotopic (exact) mass is 339 g/mol. The number of pyridine rings is 1. The van der Waals surface area contributed by atoms with Gasteiger partial charge in [-0.2, -0.15) is 5.10 Å². The molecule has 3 aromatic heterocycles. The van der Waals surface area contributed by atoms with Gasteiger partial charge in [0, 0.05) is 37.7 Å². The molecule has 24 heavy (non-hydrogen) atoms. The standard InChI is InChI=1S/C17H14ClN5O/c18-14-9-20-16-8-15(21-23(16)11-14)17(24)22-7-1-2-13(10-22)12-3-5-19-6-4-12/h2-6,8-9,11H,1,7,10H2. The van der Waals surface area contributed by atoms with Crippen LogP contribution in [0.5, 0.6) is 0 Å². The number of fused-ring (bicyclic) bond motifs is 1. The van der Waals surface area contributed by atoms with Gasteiger partial charge >= 0.3 is 0 Å². The first kappa shape index (κ1) is 14.8. The van der Waals surface area contributed by atoms with Crippen molar-refractivity contribution in [3.05, 3.63) is 65.3 Å². The summed E-state index contributed by atoms with van der Waals surface area (Å²) in [5, 5.41) is 4.77. The Morgan fingerprint density at radius 3 is 2.92 bits per heavy atom. The van der Waals surface area contributed by atoms with Crippen molar-refractivity contribution >= 4 is 28.7 Å². The lowest BCUT2D eigenvalue weighted by Gasteiger charge is -2.27. The maximum Gasteiger partial charge on any atom is 0.274 e. The summed E-state index contributed by atoms with van der Waals surface area (Å²) in [6.07, 6.45) is 9.69. The van der Waals surface area contributed by atoms with E-state index >= 15 is 0 Å². The lowest BCUT2D eigenvalue weighted by atomic mass is 10.0. The second kappa shape index (κ2) is 6.05. The lowest BCUT2D eigenvalue weighted by Crippen LogP contribution is -2.35. The second-order valence-corrected chi connectivity index (χ2v) is 6.02. The maximum atomic E-state index is 12.8. The zero-order chi connectivity index (χ0) is 16.5. The molecule has 0 radical (unpaired) electrons. The smallest absolute Gasteiger partial charge is 0.274 e. The number of hydrogen-bond acceptors (Lipinski definition) is 4. The Kier molecular flexibility index (Phi) is 3.74. The molecular weight excluding hydrogens is 326 g/mol. The summed E-state index contributed by atoms with van der Waals surface area (Å²) in [7, 11) is 0. The average molecular weight is 340 g/mol. The van der Waals surface area contributed by atoms with Crippen molar-refractivity contribution in [2.75, 3.05) is 13.1 Å². The SMILES string of the molecule is O=C(c1cc2ncc(Cl)cn2n1)N1CCC=C(c2ccncc2)C1. The van der Waals surface area contributed by atoms with Crippen LogP contribution < -0.4 is 0 Å². The van der Waals surface area contributed by atoms with E-state index in [0.29, 0.717) is 29.5 Å². The van der Waals surface area contributed by atoms with Crippen LogP contribution in [0.2, 0.25) is 5.02 Å². The molecule has 0 bridgehead atoms. The number of aromatic nitrogens is 4. The van der Waals surface area contributed by atoms with Gasteiger partial charge < -0.3 is 4.90 Å². The van der Waals surface area contributed by atoms with E-state index in [9.17, 15) is 4.79 Å². The van der Waals surface area contributed by atoms with E-state index in [0.717, 1.165) is 17.6 Å². The van der Waals surface area contributed by atoms with Crippen molar-refractivity contribution in [3.8, 4) is 0 Å². The minimum atomic E-state index is -0.101. The first-order valence-corrected chi connectivity index (χ1v) is 7.98. The van der Waals surface area contributed by atoms with E-state index in [1.54, 1.807) is 29.6 Å². The molecule has 0 spiro atoms. The highest BCUT2D eigenvalue weighted by molar-refractivity contribution is 6.30. The number of carbonyl (C=O) groups excluding carboxylic acids is 1. The molecule has 0 saturated heterocycles. The lowest BCUT2D eigenvalue weighted by molar-refractivity contribution is 0.0768. The normalized spacial score (nSPS) is 14.7. The molecule has 3 aromatic rings. The molecule has 0 fully saturated rings. The predicted molar refractivity (Wildman–Crippen MR) is 90.7 cm³/mol. The van der Waals surface area contributed by atoms with E-state index in [1.165, 1.54) is 10.7 Å². The van der Waals surface area contributed by atoms with Gasteiger partial charge in [0.15, 0.2) is 11.3 Å². The Morgan fingerprint density at radius 2 is 2.08 bits per heavy atom. The molecule has 1 aliphatic rings. The largest absolute Gasteiger partial charge is 0.333 e. The molecule has 4 heterocycles. The molecule has 6 nitrogen and oxygen atoms in total. The Hall–Kier alpha value is -2.73. The zero-order valence-corrected chi connectivity index (χ0v) is 13.5. The molecule has 120 valence electrons. The fraction of sp³-hybridized carbons (Fsp3) is 0.176. The summed E-state index contributed by atoms with van der Waals surface area (Å²) >= 11 is 5.91. The molecule has 0 N–H and O–H groups in total. The summed E-state index contributed by atoms with van der Waals surface area (Å²) in [6, 6.07) is 5.59. The van der Waals surface area contributed by atoms with Crippen molar-refractivity contribution in [1.29, 1.82) is 0 Å². The Bertz CT molecular complexity index is 935. The first-order chi connectivity index (χ1) is 11.7. The summed E-state index contributed by atoms with van der Waals surface area (Å²) < 4.78 is 1.53. The van der Waals surface area contributed by atoms with Gasteiger partial charge in [0.25, 0.3) is 5.91 Å². The van der Waals surface area contributed by atoms with Crippen molar-refractivity contribution < 1.29 is 4.79 Å². The molecule has 0 atom stereocenters. The van der Waals surface area contributed by atoms with E-state index in [2.05, 4.69) is 21.1 Å². The number of nitrogens with zero attached hydrogens (tertiary/aromatic N) is 5. The zero-order valence-electron chi connectivity index (χ0n) is 12.8. The first-order valence-electron chi connectivity index (χ1n) is 7.60. The van der Waals surface area contributed by atoms with Gasteiger partial charge in [-0.25, -0.2) is 9.50 Å². The highest BCUT2D eigenvalue weighted by Crippen LogP contribution is 2.21. The molecule has 7 heteroatoms. The second-order valence-electron chi connectivity index (χ2n) is 5.59. The van der Waals surface area contributed by atoms with Crippen LogP contribution in [0.25, 0.3) is 11.2 Å². The topological polar surface area (TPSA) is 63.4 Å². The summed E-state index contributed by atoms with van der Waals surface area (Å²) in [6.45, 7) is 1.24. The number of carbonyl (C=O) groups is 1. The molecule has 1 aliphatic heterocycles.